The van der Waals surface area contributed by atoms with Crippen LogP contribution in [0.4, 0.5) is 4.79 Å². The van der Waals surface area contributed by atoms with Gasteiger partial charge in [0, 0.05) is 19.2 Å². The first kappa shape index (κ1) is 26.1. The summed E-state index contributed by atoms with van der Waals surface area (Å²) in [6.45, 7) is 2.08. The Morgan fingerprint density at radius 3 is 2.61 bits per heavy atom. The number of nitrogens with one attached hydrogen (secondary N) is 3. The van der Waals surface area contributed by atoms with Gasteiger partial charge in [-0.25, -0.2) is 9.59 Å². The largest absolute Gasteiger partial charge is 0.467 e. The number of amides is 2. The molecular weight excluding hydrogens is 430 g/mol. The minimum Gasteiger partial charge on any atom is -0.467 e. The molecule has 1 saturated heterocycles. The second-order valence-electron chi connectivity index (χ2n) is 7.78. The third-order valence-electron chi connectivity index (χ3n) is 5.27. The highest BCUT2D eigenvalue weighted by Crippen LogP contribution is 2.34. The fourth-order valence-electron chi connectivity index (χ4n) is 3.42. The number of nitrogen functional groups attached to an aromatic ring is 1. The molecule has 2 amide bonds. The normalized spacial score (nSPS) is 18.9. The second kappa shape index (κ2) is 12.8. The average molecular weight is 464 g/mol. The average Bonchev–Trinajstić information content (AvgIpc) is 3.15. The minimum atomic E-state index is -1.06. The van der Waals surface area contributed by atoms with E-state index in [2.05, 4.69) is 10.6 Å². The predicted octanol–water partition coefficient (Wildman–Crippen LogP) is 1.22. The SMILES string of the molecule is CCCCOC(=O)N[C@@H](CNC(=O)C[C@@H]1C[C@H](c2ccc(C(=N)N)cc2)N(C)O1)C(=O)OC. The summed E-state index contributed by atoms with van der Waals surface area (Å²) in [5.41, 5.74) is 7.12. The van der Waals surface area contributed by atoms with Gasteiger partial charge in [-0.15, -0.1) is 0 Å². The summed E-state index contributed by atoms with van der Waals surface area (Å²) in [7, 11) is 3.00. The Hall–Kier alpha value is -3.18. The van der Waals surface area contributed by atoms with Crippen LogP contribution in [0.2, 0.25) is 0 Å². The van der Waals surface area contributed by atoms with Crippen LogP contribution in [0.5, 0.6) is 0 Å². The highest BCUT2D eigenvalue weighted by atomic mass is 16.7. The summed E-state index contributed by atoms with van der Waals surface area (Å²) in [5.74, 6) is -1.01. The molecule has 1 aromatic rings. The van der Waals surface area contributed by atoms with E-state index in [-0.39, 0.29) is 43.5 Å². The molecule has 11 nitrogen and oxygen atoms in total. The van der Waals surface area contributed by atoms with Crippen molar-refractivity contribution in [1.82, 2.24) is 15.7 Å². The molecule has 3 atom stereocenters. The quantitative estimate of drug-likeness (QED) is 0.165. The molecule has 1 heterocycles. The number of carbonyl (C=O) groups is 3. The number of rotatable bonds is 11. The smallest absolute Gasteiger partial charge is 0.407 e. The number of nitrogens with zero attached hydrogens (tertiary/aromatic N) is 1. The highest BCUT2D eigenvalue weighted by molar-refractivity contribution is 5.94. The molecule has 182 valence electrons. The number of amidine groups is 1. The number of methoxy groups -OCH3 is 1. The molecule has 2 rings (SSSR count). The van der Waals surface area contributed by atoms with Gasteiger partial charge in [-0.1, -0.05) is 37.6 Å². The molecule has 0 unspecified atom stereocenters. The van der Waals surface area contributed by atoms with Crippen LogP contribution in [0.1, 0.15) is 49.8 Å². The number of hydrogen-bond donors (Lipinski definition) is 4. The molecule has 33 heavy (non-hydrogen) atoms. The molecule has 5 N–H and O–H groups in total. The van der Waals surface area contributed by atoms with Gasteiger partial charge < -0.3 is 25.8 Å². The molecular formula is C22H33N5O6. The van der Waals surface area contributed by atoms with Gasteiger partial charge in [0.25, 0.3) is 0 Å². The van der Waals surface area contributed by atoms with Crippen LogP contribution in [-0.2, 0) is 23.9 Å². The van der Waals surface area contributed by atoms with Crippen molar-refractivity contribution in [3.05, 3.63) is 35.4 Å². The van der Waals surface area contributed by atoms with Gasteiger partial charge in [0.15, 0.2) is 0 Å². The van der Waals surface area contributed by atoms with Crippen molar-refractivity contribution in [2.45, 2.75) is 50.8 Å². The third kappa shape index (κ3) is 8.03. The number of unbranched alkanes of at least 4 members (excludes halogenated alkanes) is 1. The van der Waals surface area contributed by atoms with Crippen molar-refractivity contribution in [3.8, 4) is 0 Å². The van der Waals surface area contributed by atoms with E-state index in [1.54, 1.807) is 24.2 Å². The number of carbonyl (C=O) groups excluding carboxylic acids is 3. The first-order valence-electron chi connectivity index (χ1n) is 10.9. The van der Waals surface area contributed by atoms with Crippen molar-refractivity contribution in [2.75, 3.05) is 27.3 Å². The van der Waals surface area contributed by atoms with E-state index in [9.17, 15) is 14.4 Å². The van der Waals surface area contributed by atoms with E-state index in [1.807, 2.05) is 19.1 Å². The van der Waals surface area contributed by atoms with Crippen LogP contribution < -0.4 is 16.4 Å². The lowest BCUT2D eigenvalue weighted by molar-refractivity contribution is -0.152. The monoisotopic (exact) mass is 463 g/mol. The van der Waals surface area contributed by atoms with Gasteiger partial charge in [0.1, 0.15) is 11.9 Å². The summed E-state index contributed by atoms with van der Waals surface area (Å²) in [5, 5.41) is 14.2. The van der Waals surface area contributed by atoms with Crippen LogP contribution in [0.15, 0.2) is 24.3 Å². The molecule has 0 saturated carbocycles. The molecule has 0 aromatic heterocycles. The van der Waals surface area contributed by atoms with Crippen LogP contribution >= 0.6 is 0 Å². The fraction of sp³-hybridized carbons (Fsp3) is 0.545. The Balaban J connectivity index is 1.85. The lowest BCUT2D eigenvalue weighted by Crippen LogP contribution is -2.49. The van der Waals surface area contributed by atoms with Gasteiger partial charge in [0.2, 0.25) is 5.91 Å². The number of hydrogen-bond acceptors (Lipinski definition) is 8. The number of alkyl carbamates (subject to hydrolysis) is 1. The Morgan fingerprint density at radius 2 is 2.00 bits per heavy atom. The number of ether oxygens (including phenoxy) is 2. The van der Waals surface area contributed by atoms with Gasteiger partial charge in [-0.05, 0) is 18.4 Å². The fourth-order valence-corrected chi connectivity index (χ4v) is 3.42. The molecule has 0 spiro atoms. The standard InChI is InChI=1S/C22H33N5O6/c1-4-5-10-32-22(30)26-17(21(29)31-3)13-25-19(28)12-16-11-18(27(2)33-16)14-6-8-15(9-7-14)20(23)24/h6-9,16-18H,4-5,10-13H2,1-3H3,(H3,23,24)(H,25,28)(H,26,30)/t16-,17-,18+/m0/s1. The predicted molar refractivity (Wildman–Crippen MR) is 120 cm³/mol. The van der Waals surface area contributed by atoms with E-state index < -0.39 is 18.1 Å². The number of hydroxylamine groups is 2. The van der Waals surface area contributed by atoms with Crippen molar-refractivity contribution < 1.29 is 28.7 Å². The van der Waals surface area contributed by atoms with E-state index in [1.165, 1.54) is 7.11 Å². The third-order valence-corrected chi connectivity index (χ3v) is 5.27. The van der Waals surface area contributed by atoms with Crippen molar-refractivity contribution in [1.29, 1.82) is 5.41 Å². The lowest BCUT2D eigenvalue weighted by atomic mass is 9.99. The Labute approximate surface area is 193 Å². The van der Waals surface area contributed by atoms with Crippen molar-refractivity contribution >= 4 is 23.8 Å². The highest BCUT2D eigenvalue weighted by Gasteiger charge is 2.33. The molecule has 1 aliphatic rings. The second-order valence-corrected chi connectivity index (χ2v) is 7.78. The van der Waals surface area contributed by atoms with E-state index in [0.29, 0.717) is 18.4 Å². The van der Waals surface area contributed by atoms with Crippen LogP contribution in [0, 0.1) is 5.41 Å². The summed E-state index contributed by atoms with van der Waals surface area (Å²) in [6, 6.07) is 6.21. The number of nitrogens with two attached hydrogens (primary N) is 1. The van der Waals surface area contributed by atoms with Crippen LogP contribution in [-0.4, -0.2) is 68.3 Å². The van der Waals surface area contributed by atoms with Gasteiger partial charge in [-0.2, -0.15) is 5.06 Å². The Kier molecular flexibility index (Phi) is 10.1. The zero-order valence-electron chi connectivity index (χ0n) is 19.3. The zero-order valence-corrected chi connectivity index (χ0v) is 19.3. The number of benzene rings is 1. The molecule has 11 heteroatoms. The Morgan fingerprint density at radius 1 is 1.30 bits per heavy atom. The van der Waals surface area contributed by atoms with Crippen LogP contribution in [0.25, 0.3) is 0 Å². The molecule has 0 bridgehead atoms. The van der Waals surface area contributed by atoms with Gasteiger partial charge >= 0.3 is 12.1 Å². The first-order valence-corrected chi connectivity index (χ1v) is 10.9. The van der Waals surface area contributed by atoms with E-state index in [0.717, 1.165) is 12.0 Å². The van der Waals surface area contributed by atoms with E-state index in [4.69, 9.17) is 25.5 Å². The van der Waals surface area contributed by atoms with Gasteiger partial charge in [0.05, 0.1) is 32.3 Å². The summed E-state index contributed by atoms with van der Waals surface area (Å²) >= 11 is 0. The summed E-state index contributed by atoms with van der Waals surface area (Å²) < 4.78 is 9.69. The van der Waals surface area contributed by atoms with Crippen LogP contribution in [0.3, 0.4) is 0 Å². The van der Waals surface area contributed by atoms with E-state index >= 15 is 0 Å². The zero-order chi connectivity index (χ0) is 24.4. The maximum Gasteiger partial charge on any atom is 0.407 e. The van der Waals surface area contributed by atoms with Crippen molar-refractivity contribution in [3.63, 3.8) is 0 Å². The summed E-state index contributed by atoms with van der Waals surface area (Å²) in [6.07, 6.45) is 1.16. The molecule has 1 aromatic carbocycles. The first-order chi connectivity index (χ1) is 15.7. The maximum atomic E-state index is 12.4. The molecule has 0 aliphatic carbocycles. The Bertz CT molecular complexity index is 831. The molecule has 1 fully saturated rings. The lowest BCUT2D eigenvalue weighted by Gasteiger charge is -2.18. The van der Waals surface area contributed by atoms with Gasteiger partial charge in [-0.3, -0.25) is 15.0 Å². The summed E-state index contributed by atoms with van der Waals surface area (Å²) in [4.78, 5) is 42.0. The molecule has 0 radical (unpaired) electrons. The topological polar surface area (TPSA) is 156 Å². The maximum absolute atomic E-state index is 12.4. The molecule has 1 aliphatic heterocycles. The van der Waals surface area contributed by atoms with Crippen molar-refractivity contribution in [2.24, 2.45) is 5.73 Å². The minimum absolute atomic E-state index is 0.00101. The number of esters is 1.